The van der Waals surface area contributed by atoms with Crippen molar-refractivity contribution in [2.75, 3.05) is 40.4 Å². The lowest BCUT2D eigenvalue weighted by molar-refractivity contribution is -0.0681. The summed E-state index contributed by atoms with van der Waals surface area (Å²) in [6.07, 6.45) is 3.04. The van der Waals surface area contributed by atoms with E-state index in [0.717, 1.165) is 44.7 Å². The molecule has 1 aliphatic rings. The van der Waals surface area contributed by atoms with Crippen LogP contribution in [0.1, 0.15) is 32.3 Å². The number of rotatable bonds is 9. The Morgan fingerprint density at radius 1 is 1.16 bits per heavy atom. The Morgan fingerprint density at radius 2 is 1.88 bits per heavy atom. The van der Waals surface area contributed by atoms with Gasteiger partial charge in [0.05, 0.1) is 31.5 Å². The van der Waals surface area contributed by atoms with Crippen molar-refractivity contribution in [3.05, 3.63) is 22.7 Å². The summed E-state index contributed by atoms with van der Waals surface area (Å²) in [6, 6.07) is 3.89. The molecule has 1 aliphatic heterocycles. The summed E-state index contributed by atoms with van der Waals surface area (Å²) in [4.78, 5) is 2.51. The molecule has 1 aromatic carbocycles. The maximum Gasteiger partial charge on any atom is 0.179 e. The van der Waals surface area contributed by atoms with Crippen LogP contribution in [-0.4, -0.2) is 57.5 Å². The first-order chi connectivity index (χ1) is 12.0. The number of benzene rings is 1. The number of methoxy groups -OCH3 is 2. The molecule has 25 heavy (non-hydrogen) atoms. The van der Waals surface area contributed by atoms with Gasteiger partial charge in [-0.05, 0) is 57.5 Å². The highest BCUT2D eigenvalue weighted by Gasteiger charge is 2.21. The zero-order valence-corrected chi connectivity index (χ0v) is 16.6. The largest absolute Gasteiger partial charge is 0.493 e. The maximum absolute atomic E-state index is 6.24. The second-order valence-electron chi connectivity index (χ2n) is 6.71. The zero-order chi connectivity index (χ0) is 18.2. The van der Waals surface area contributed by atoms with E-state index in [-0.39, 0.29) is 0 Å². The molecule has 1 saturated heterocycles. The summed E-state index contributed by atoms with van der Waals surface area (Å²) in [5, 5.41) is 4.05. The van der Waals surface area contributed by atoms with E-state index in [4.69, 9.17) is 25.8 Å². The van der Waals surface area contributed by atoms with Gasteiger partial charge in [-0.2, -0.15) is 0 Å². The zero-order valence-electron chi connectivity index (χ0n) is 15.8. The number of nitrogens with zero attached hydrogens (tertiary/aromatic N) is 1. The Hall–Kier alpha value is -1.01. The average Bonchev–Trinajstić information content (AvgIpc) is 2.56. The molecule has 1 heterocycles. The first-order valence-corrected chi connectivity index (χ1v) is 9.40. The van der Waals surface area contributed by atoms with Crippen LogP contribution in [0.15, 0.2) is 12.1 Å². The van der Waals surface area contributed by atoms with E-state index in [1.54, 1.807) is 14.2 Å². The van der Waals surface area contributed by atoms with Gasteiger partial charge in [-0.1, -0.05) is 11.6 Å². The third kappa shape index (κ3) is 6.33. The molecular formula is C19H31ClN2O3. The number of morpholine rings is 1. The number of nitrogens with one attached hydrogen (secondary N) is 1. The van der Waals surface area contributed by atoms with Crippen LogP contribution >= 0.6 is 11.6 Å². The van der Waals surface area contributed by atoms with Crippen LogP contribution in [0.5, 0.6) is 11.5 Å². The van der Waals surface area contributed by atoms with E-state index < -0.39 is 0 Å². The maximum atomic E-state index is 6.24. The van der Waals surface area contributed by atoms with Gasteiger partial charge in [-0.15, -0.1) is 0 Å². The normalized spacial score (nSPS) is 21.3. The van der Waals surface area contributed by atoms with Gasteiger partial charge in [-0.3, -0.25) is 4.90 Å². The van der Waals surface area contributed by atoms with Gasteiger partial charge in [0.1, 0.15) is 0 Å². The van der Waals surface area contributed by atoms with Gasteiger partial charge in [-0.25, -0.2) is 0 Å². The lowest BCUT2D eigenvalue weighted by Gasteiger charge is -2.35. The van der Waals surface area contributed by atoms with Crippen LogP contribution in [0, 0.1) is 0 Å². The predicted molar refractivity (Wildman–Crippen MR) is 102 cm³/mol. The van der Waals surface area contributed by atoms with Crippen LogP contribution < -0.4 is 14.8 Å². The van der Waals surface area contributed by atoms with E-state index >= 15 is 0 Å². The van der Waals surface area contributed by atoms with E-state index in [1.807, 2.05) is 12.1 Å². The van der Waals surface area contributed by atoms with Crippen molar-refractivity contribution >= 4 is 11.6 Å². The Morgan fingerprint density at radius 3 is 2.52 bits per heavy atom. The van der Waals surface area contributed by atoms with E-state index in [1.165, 1.54) is 6.42 Å². The molecular weight excluding hydrogens is 340 g/mol. The second kappa shape index (κ2) is 10.2. The lowest BCUT2D eigenvalue weighted by Crippen LogP contribution is -2.45. The average molecular weight is 371 g/mol. The van der Waals surface area contributed by atoms with Crippen molar-refractivity contribution in [2.24, 2.45) is 0 Å². The van der Waals surface area contributed by atoms with E-state index in [9.17, 15) is 0 Å². The van der Waals surface area contributed by atoms with Crippen molar-refractivity contribution in [2.45, 2.75) is 45.4 Å². The third-order valence-corrected chi connectivity index (χ3v) is 4.68. The molecule has 0 bridgehead atoms. The standard InChI is InChI=1S/C19H31ClN2O3/c1-14-12-22(13-15(2)25-14)8-6-5-7-21-11-16-9-17(20)19(24-4)18(10-16)23-3/h9-10,14-15,21H,5-8,11-13H2,1-4H3. The van der Waals surface area contributed by atoms with Gasteiger partial charge in [0.15, 0.2) is 11.5 Å². The topological polar surface area (TPSA) is 43.0 Å². The van der Waals surface area contributed by atoms with E-state index in [0.29, 0.717) is 28.7 Å². The van der Waals surface area contributed by atoms with Crippen molar-refractivity contribution in [3.63, 3.8) is 0 Å². The molecule has 1 aromatic rings. The summed E-state index contributed by atoms with van der Waals surface area (Å²) in [5.74, 6) is 1.25. The molecule has 0 spiro atoms. The van der Waals surface area contributed by atoms with Crippen molar-refractivity contribution in [1.82, 2.24) is 10.2 Å². The SMILES string of the molecule is COc1cc(CNCCCCN2CC(C)OC(C)C2)cc(Cl)c1OC. The minimum Gasteiger partial charge on any atom is -0.493 e. The molecule has 0 aliphatic carbocycles. The van der Waals surface area contributed by atoms with Crippen LogP contribution in [0.2, 0.25) is 5.02 Å². The number of hydrogen-bond donors (Lipinski definition) is 1. The molecule has 0 radical (unpaired) electrons. The minimum atomic E-state index is 0.344. The number of ether oxygens (including phenoxy) is 3. The summed E-state index contributed by atoms with van der Waals surface area (Å²) >= 11 is 6.24. The highest BCUT2D eigenvalue weighted by atomic mass is 35.5. The van der Waals surface area contributed by atoms with Crippen molar-refractivity contribution < 1.29 is 14.2 Å². The monoisotopic (exact) mass is 370 g/mol. The van der Waals surface area contributed by atoms with Gasteiger partial charge in [0.2, 0.25) is 0 Å². The fraction of sp³-hybridized carbons (Fsp3) is 0.684. The third-order valence-electron chi connectivity index (χ3n) is 4.40. The van der Waals surface area contributed by atoms with Gasteiger partial charge in [0, 0.05) is 19.6 Å². The van der Waals surface area contributed by atoms with Crippen LogP contribution in [0.4, 0.5) is 0 Å². The molecule has 2 unspecified atom stereocenters. The Balaban J connectivity index is 1.67. The molecule has 0 saturated carbocycles. The first-order valence-electron chi connectivity index (χ1n) is 9.02. The first kappa shape index (κ1) is 20.3. The predicted octanol–water partition coefficient (Wildman–Crippen LogP) is 3.34. The highest BCUT2D eigenvalue weighted by Crippen LogP contribution is 2.35. The molecule has 2 rings (SSSR count). The Bertz CT molecular complexity index is 532. The fourth-order valence-electron chi connectivity index (χ4n) is 3.36. The molecule has 1 fully saturated rings. The van der Waals surface area contributed by atoms with Gasteiger partial charge in [0.25, 0.3) is 0 Å². The molecule has 142 valence electrons. The molecule has 0 amide bonds. The molecule has 0 aromatic heterocycles. The fourth-order valence-corrected chi connectivity index (χ4v) is 3.67. The van der Waals surface area contributed by atoms with Crippen LogP contribution in [0.3, 0.4) is 0 Å². The van der Waals surface area contributed by atoms with Crippen LogP contribution in [0.25, 0.3) is 0 Å². The van der Waals surface area contributed by atoms with Crippen LogP contribution in [-0.2, 0) is 11.3 Å². The molecule has 1 N–H and O–H groups in total. The number of hydrogen-bond acceptors (Lipinski definition) is 5. The lowest BCUT2D eigenvalue weighted by atomic mass is 10.2. The summed E-state index contributed by atoms with van der Waals surface area (Å²) in [5.41, 5.74) is 1.10. The van der Waals surface area contributed by atoms with Crippen molar-refractivity contribution in [1.29, 1.82) is 0 Å². The minimum absolute atomic E-state index is 0.344. The summed E-state index contributed by atoms with van der Waals surface area (Å²) in [6.45, 7) is 9.29. The summed E-state index contributed by atoms with van der Waals surface area (Å²) < 4.78 is 16.4. The summed E-state index contributed by atoms with van der Waals surface area (Å²) in [7, 11) is 3.22. The second-order valence-corrected chi connectivity index (χ2v) is 7.12. The smallest absolute Gasteiger partial charge is 0.179 e. The van der Waals surface area contributed by atoms with E-state index in [2.05, 4.69) is 24.1 Å². The Kier molecular flexibility index (Phi) is 8.30. The quantitative estimate of drug-likeness (QED) is 0.675. The van der Waals surface area contributed by atoms with Crippen molar-refractivity contribution in [3.8, 4) is 11.5 Å². The van der Waals surface area contributed by atoms with Gasteiger partial charge >= 0.3 is 0 Å². The van der Waals surface area contributed by atoms with Gasteiger partial charge < -0.3 is 19.5 Å². The number of unbranched alkanes of at least 4 members (excludes halogenated alkanes) is 1. The molecule has 2 atom stereocenters. The molecule has 6 heteroatoms. The number of halogens is 1. The Labute approximate surface area is 156 Å². The highest BCUT2D eigenvalue weighted by molar-refractivity contribution is 6.32. The molecule has 5 nitrogen and oxygen atoms in total.